The summed E-state index contributed by atoms with van der Waals surface area (Å²) in [5, 5.41) is 21.5. The fourth-order valence-electron chi connectivity index (χ4n) is 4.01. The summed E-state index contributed by atoms with van der Waals surface area (Å²) in [4.78, 5) is 14.5. The molecule has 1 heterocycles. The van der Waals surface area contributed by atoms with Crippen molar-refractivity contribution in [1.82, 2.24) is 9.21 Å². The molecule has 0 bridgehead atoms. The normalized spacial score (nSPS) is 20.2. The summed E-state index contributed by atoms with van der Waals surface area (Å²) in [6.45, 7) is 6.37. The van der Waals surface area contributed by atoms with Crippen molar-refractivity contribution in [2.75, 3.05) is 25.0 Å². The van der Waals surface area contributed by atoms with Gasteiger partial charge in [0.2, 0.25) is 15.9 Å². The Morgan fingerprint density at radius 3 is 2.52 bits per heavy atom. The van der Waals surface area contributed by atoms with Crippen molar-refractivity contribution in [3.05, 3.63) is 53.6 Å². The van der Waals surface area contributed by atoms with Gasteiger partial charge in [-0.3, -0.25) is 9.69 Å². The van der Waals surface area contributed by atoms with Gasteiger partial charge in [0.15, 0.2) is 0 Å². The Morgan fingerprint density at radius 1 is 1.19 bits per heavy atom. The Morgan fingerprint density at radius 2 is 1.87 bits per heavy atom. The van der Waals surface area contributed by atoms with Gasteiger partial charge in [-0.05, 0) is 50.6 Å². The fraction of sp³-hybridized carbons (Fsp3) is 0.364. The number of nitrogens with zero attached hydrogens (tertiary/aromatic N) is 3. The predicted molar refractivity (Wildman–Crippen MR) is 117 cm³/mol. The molecule has 1 amide bonds. The van der Waals surface area contributed by atoms with Crippen LogP contribution in [0.3, 0.4) is 0 Å². The molecule has 3 rings (SSSR count). The van der Waals surface area contributed by atoms with Crippen molar-refractivity contribution in [1.29, 1.82) is 5.26 Å². The van der Waals surface area contributed by atoms with E-state index in [0.717, 1.165) is 5.56 Å². The molecule has 31 heavy (non-hydrogen) atoms. The summed E-state index contributed by atoms with van der Waals surface area (Å²) < 4.78 is 27.9. The van der Waals surface area contributed by atoms with E-state index < -0.39 is 10.0 Å². The largest absolute Gasteiger partial charge is 0.508 e. The minimum atomic E-state index is -3.78. The maximum atomic E-state index is 13.2. The average Bonchev–Trinajstić information content (AvgIpc) is 2.70. The number of sulfonamides is 1. The third-order valence-electron chi connectivity index (χ3n) is 5.31. The minimum Gasteiger partial charge on any atom is -0.508 e. The molecule has 2 aromatic carbocycles. The summed E-state index contributed by atoms with van der Waals surface area (Å²) >= 11 is 0. The number of carbonyl (C=O) groups is 1. The number of amides is 1. The van der Waals surface area contributed by atoms with Gasteiger partial charge >= 0.3 is 0 Å². The average molecular weight is 443 g/mol. The van der Waals surface area contributed by atoms with Gasteiger partial charge < -0.3 is 10.4 Å². The molecule has 2 N–H and O–H groups in total. The van der Waals surface area contributed by atoms with Gasteiger partial charge in [-0.2, -0.15) is 9.57 Å². The van der Waals surface area contributed by atoms with Crippen LogP contribution in [-0.2, 0) is 14.8 Å². The quantitative estimate of drug-likeness (QED) is 0.734. The van der Waals surface area contributed by atoms with Crippen molar-refractivity contribution in [2.45, 2.75) is 37.8 Å². The number of phenols is 1. The van der Waals surface area contributed by atoms with Crippen LogP contribution in [0.4, 0.5) is 5.69 Å². The number of aromatic hydroxyl groups is 1. The van der Waals surface area contributed by atoms with Crippen LogP contribution in [-0.4, -0.2) is 60.4 Å². The maximum absolute atomic E-state index is 13.2. The summed E-state index contributed by atoms with van der Waals surface area (Å²) in [5.41, 5.74) is 1.67. The second-order valence-electron chi connectivity index (χ2n) is 7.91. The molecule has 9 heteroatoms. The highest BCUT2D eigenvalue weighted by atomic mass is 32.2. The number of benzene rings is 2. The zero-order valence-electron chi connectivity index (χ0n) is 17.7. The van der Waals surface area contributed by atoms with Crippen LogP contribution >= 0.6 is 0 Å². The van der Waals surface area contributed by atoms with Crippen LogP contribution in [0.1, 0.15) is 25.0 Å². The van der Waals surface area contributed by atoms with E-state index >= 15 is 0 Å². The number of hydrogen-bond acceptors (Lipinski definition) is 6. The first-order valence-corrected chi connectivity index (χ1v) is 11.4. The van der Waals surface area contributed by atoms with E-state index in [-0.39, 0.29) is 35.2 Å². The zero-order chi connectivity index (χ0) is 22.8. The van der Waals surface area contributed by atoms with Crippen LogP contribution in [0, 0.1) is 18.3 Å². The zero-order valence-corrected chi connectivity index (χ0v) is 18.6. The Labute approximate surface area is 182 Å². The van der Waals surface area contributed by atoms with Crippen molar-refractivity contribution in [3.8, 4) is 11.8 Å². The van der Waals surface area contributed by atoms with Gasteiger partial charge in [0.05, 0.1) is 23.1 Å². The lowest BCUT2D eigenvalue weighted by Gasteiger charge is -2.43. The topological polar surface area (TPSA) is 114 Å². The van der Waals surface area contributed by atoms with E-state index in [4.69, 9.17) is 5.26 Å². The molecule has 0 aromatic heterocycles. The molecule has 1 aliphatic heterocycles. The highest BCUT2D eigenvalue weighted by Crippen LogP contribution is 2.26. The van der Waals surface area contributed by atoms with Crippen LogP contribution in [0.15, 0.2) is 47.4 Å². The number of nitrogens with one attached hydrogen (secondary N) is 1. The first kappa shape index (κ1) is 22.7. The monoisotopic (exact) mass is 442 g/mol. The summed E-state index contributed by atoms with van der Waals surface area (Å²) in [7, 11) is -3.78. The van der Waals surface area contributed by atoms with Crippen molar-refractivity contribution < 1.29 is 18.3 Å². The molecule has 1 fully saturated rings. The number of carbonyl (C=O) groups excluding carboxylic acids is 1. The maximum Gasteiger partial charge on any atom is 0.243 e. The van der Waals surface area contributed by atoms with Gasteiger partial charge in [0.1, 0.15) is 5.75 Å². The molecule has 0 radical (unpaired) electrons. The SMILES string of the molecule is Cc1ccc(O)cc1NC(=O)CN1C[C@@H](C)N(S(=O)(=O)c2cccc(C#N)c2)[C@@H](C)C1. The van der Waals surface area contributed by atoms with Gasteiger partial charge in [0.25, 0.3) is 0 Å². The number of hydrogen-bond donors (Lipinski definition) is 2. The second kappa shape index (κ2) is 9.06. The molecule has 1 saturated heterocycles. The molecule has 0 unspecified atom stereocenters. The lowest BCUT2D eigenvalue weighted by Crippen LogP contribution is -2.59. The molecule has 0 saturated carbocycles. The van der Waals surface area contributed by atoms with Gasteiger partial charge in [-0.25, -0.2) is 8.42 Å². The summed E-state index contributed by atoms with van der Waals surface area (Å²) in [6.07, 6.45) is 0. The predicted octanol–water partition coefficient (Wildman–Crippen LogP) is 2.29. The molecule has 164 valence electrons. The lowest BCUT2D eigenvalue weighted by atomic mass is 10.1. The lowest BCUT2D eigenvalue weighted by molar-refractivity contribution is -0.118. The summed E-state index contributed by atoms with van der Waals surface area (Å²) in [6, 6.07) is 12.0. The molecule has 0 spiro atoms. The Balaban J connectivity index is 1.70. The van der Waals surface area contributed by atoms with E-state index in [1.165, 1.54) is 22.5 Å². The molecule has 2 aromatic rings. The third kappa shape index (κ3) is 5.05. The number of aryl methyl sites for hydroxylation is 1. The van der Waals surface area contributed by atoms with Crippen molar-refractivity contribution in [3.63, 3.8) is 0 Å². The molecular weight excluding hydrogens is 416 g/mol. The van der Waals surface area contributed by atoms with Gasteiger partial charge in [0, 0.05) is 36.9 Å². The molecule has 1 aliphatic rings. The molecular formula is C22H26N4O4S. The number of phenolic OH excluding ortho intramolecular Hbond substituents is 1. The smallest absolute Gasteiger partial charge is 0.243 e. The van der Waals surface area contributed by atoms with Crippen molar-refractivity contribution in [2.24, 2.45) is 0 Å². The van der Waals surface area contributed by atoms with Crippen LogP contribution in [0.25, 0.3) is 0 Å². The molecule has 8 nitrogen and oxygen atoms in total. The van der Waals surface area contributed by atoms with Gasteiger partial charge in [-0.1, -0.05) is 12.1 Å². The van der Waals surface area contributed by atoms with E-state index in [2.05, 4.69) is 5.32 Å². The Hall–Kier alpha value is -2.93. The van der Waals surface area contributed by atoms with E-state index in [0.29, 0.717) is 24.3 Å². The Kier molecular flexibility index (Phi) is 6.65. The molecule has 0 aliphatic carbocycles. The fourth-order valence-corrected chi connectivity index (χ4v) is 5.86. The number of nitriles is 1. The standard InChI is InChI=1S/C22H26N4O4S/c1-15-7-8-19(27)10-21(15)24-22(28)14-25-12-16(2)26(17(3)13-25)31(29,30)20-6-4-5-18(9-20)11-23/h4-10,16-17,27H,12-14H2,1-3H3,(H,24,28)/t16-,17+. The second-order valence-corrected chi connectivity index (χ2v) is 9.76. The van der Waals surface area contributed by atoms with E-state index in [1.807, 2.05) is 31.7 Å². The van der Waals surface area contributed by atoms with Crippen LogP contribution < -0.4 is 5.32 Å². The molecule has 2 atom stereocenters. The van der Waals surface area contributed by atoms with Crippen LogP contribution in [0.5, 0.6) is 5.75 Å². The van der Waals surface area contributed by atoms with E-state index in [9.17, 15) is 18.3 Å². The third-order valence-corrected chi connectivity index (χ3v) is 7.44. The first-order chi connectivity index (χ1) is 14.6. The summed E-state index contributed by atoms with van der Waals surface area (Å²) in [5.74, 6) is -0.159. The minimum absolute atomic E-state index is 0.0717. The highest BCUT2D eigenvalue weighted by molar-refractivity contribution is 7.89. The number of anilines is 1. The van der Waals surface area contributed by atoms with Crippen molar-refractivity contribution >= 4 is 21.6 Å². The number of rotatable bonds is 5. The van der Waals surface area contributed by atoms with Gasteiger partial charge in [-0.15, -0.1) is 0 Å². The highest BCUT2D eigenvalue weighted by Gasteiger charge is 2.38. The van der Waals surface area contributed by atoms with Crippen LogP contribution in [0.2, 0.25) is 0 Å². The van der Waals surface area contributed by atoms with E-state index in [1.54, 1.807) is 24.3 Å². The first-order valence-electron chi connectivity index (χ1n) is 9.97. The Bertz CT molecular complexity index is 1110. The number of piperazine rings is 1.